The number of benzene rings is 1. The van der Waals surface area contributed by atoms with Gasteiger partial charge < -0.3 is 10.0 Å². The lowest BCUT2D eigenvalue weighted by Crippen LogP contribution is -2.43. The van der Waals surface area contributed by atoms with E-state index in [2.05, 4.69) is 20.8 Å². The molecule has 1 amide bonds. The van der Waals surface area contributed by atoms with Crippen LogP contribution in [0.25, 0.3) is 0 Å². The molecule has 0 radical (unpaired) electrons. The highest BCUT2D eigenvalue weighted by Crippen LogP contribution is 2.38. The van der Waals surface area contributed by atoms with Crippen LogP contribution < -0.4 is 0 Å². The first-order valence-electron chi connectivity index (χ1n) is 7.46. The molecule has 0 atom stereocenters. The number of piperidine rings is 1. The molecule has 1 aromatic carbocycles. The summed E-state index contributed by atoms with van der Waals surface area (Å²) in [4.78, 5) is 25.1. The van der Waals surface area contributed by atoms with E-state index in [9.17, 15) is 9.59 Å². The van der Waals surface area contributed by atoms with Crippen molar-refractivity contribution in [2.45, 2.75) is 33.6 Å². The van der Waals surface area contributed by atoms with Crippen LogP contribution in [0.4, 0.5) is 0 Å². The first-order valence-corrected chi connectivity index (χ1v) is 7.46. The van der Waals surface area contributed by atoms with Gasteiger partial charge in [-0.1, -0.05) is 20.8 Å². The fourth-order valence-corrected chi connectivity index (χ4v) is 2.74. The summed E-state index contributed by atoms with van der Waals surface area (Å²) in [6.45, 7) is 8.31. The van der Waals surface area contributed by atoms with Crippen molar-refractivity contribution in [2.24, 2.45) is 11.3 Å². The molecule has 0 bridgehead atoms. The van der Waals surface area contributed by atoms with Gasteiger partial charge in [-0.2, -0.15) is 0 Å². The summed E-state index contributed by atoms with van der Waals surface area (Å²) in [5.41, 5.74) is 1.08. The molecule has 21 heavy (non-hydrogen) atoms. The normalized spacial score (nSPS) is 17.8. The van der Waals surface area contributed by atoms with Crippen LogP contribution in [0.5, 0.6) is 0 Å². The van der Waals surface area contributed by atoms with Crippen LogP contribution in [0, 0.1) is 11.3 Å². The van der Waals surface area contributed by atoms with Crippen LogP contribution in [-0.2, 0) is 0 Å². The molecule has 0 aromatic heterocycles. The number of likely N-dealkylation sites (tertiary alicyclic amines) is 1. The summed E-state index contributed by atoms with van der Waals surface area (Å²) in [5.74, 6) is -0.359. The number of carboxylic acids is 1. The second-order valence-corrected chi connectivity index (χ2v) is 6.48. The minimum Gasteiger partial charge on any atom is -0.478 e. The van der Waals surface area contributed by atoms with Crippen molar-refractivity contribution in [3.63, 3.8) is 0 Å². The number of carbonyl (C=O) groups excluding carboxylic acids is 1. The third-order valence-electron chi connectivity index (χ3n) is 4.97. The molecule has 2 rings (SSSR count). The van der Waals surface area contributed by atoms with Gasteiger partial charge in [-0.05, 0) is 48.4 Å². The minimum atomic E-state index is -0.973. The lowest BCUT2D eigenvalue weighted by molar-refractivity contribution is 0.0507. The first kappa shape index (κ1) is 15.5. The molecule has 1 aromatic rings. The molecule has 0 saturated carbocycles. The van der Waals surface area contributed by atoms with Crippen LogP contribution in [0.15, 0.2) is 24.3 Å². The average Bonchev–Trinajstić information content (AvgIpc) is 2.47. The van der Waals surface area contributed by atoms with Crippen LogP contribution in [0.3, 0.4) is 0 Å². The molecular formula is C17H23NO3. The fourth-order valence-electron chi connectivity index (χ4n) is 2.74. The Morgan fingerprint density at radius 2 is 1.57 bits per heavy atom. The van der Waals surface area contributed by atoms with Crippen molar-refractivity contribution >= 4 is 11.9 Å². The van der Waals surface area contributed by atoms with Crippen LogP contribution in [-0.4, -0.2) is 35.0 Å². The molecule has 1 heterocycles. The molecule has 1 aliphatic heterocycles. The molecular weight excluding hydrogens is 266 g/mol. The molecule has 0 aliphatic carbocycles. The van der Waals surface area contributed by atoms with Gasteiger partial charge in [-0.15, -0.1) is 0 Å². The van der Waals surface area contributed by atoms with E-state index in [0.29, 0.717) is 16.9 Å². The summed E-state index contributed by atoms with van der Waals surface area (Å²) >= 11 is 0. The Bertz CT molecular complexity index is 525. The summed E-state index contributed by atoms with van der Waals surface area (Å²) in [6, 6.07) is 6.17. The molecule has 1 aliphatic rings. The van der Waals surface area contributed by atoms with Gasteiger partial charge in [0.15, 0.2) is 0 Å². The van der Waals surface area contributed by atoms with Gasteiger partial charge in [-0.25, -0.2) is 4.79 Å². The largest absolute Gasteiger partial charge is 0.478 e. The maximum absolute atomic E-state index is 12.4. The highest BCUT2D eigenvalue weighted by atomic mass is 16.4. The highest BCUT2D eigenvalue weighted by Gasteiger charge is 2.34. The number of aromatic carboxylic acids is 1. The zero-order valence-electron chi connectivity index (χ0n) is 12.9. The summed E-state index contributed by atoms with van der Waals surface area (Å²) < 4.78 is 0. The van der Waals surface area contributed by atoms with Gasteiger partial charge in [0.2, 0.25) is 0 Å². The zero-order chi connectivity index (χ0) is 15.6. The van der Waals surface area contributed by atoms with E-state index in [1.807, 2.05) is 4.90 Å². The molecule has 4 heteroatoms. The average molecular weight is 289 g/mol. The molecule has 1 saturated heterocycles. The van der Waals surface area contributed by atoms with Gasteiger partial charge in [0, 0.05) is 18.7 Å². The van der Waals surface area contributed by atoms with E-state index < -0.39 is 5.97 Å². The Balaban J connectivity index is 2.03. The standard InChI is InChI=1S/C17H23NO3/c1-12(2)17(3)8-10-18(11-9-17)15(19)13-4-6-14(7-5-13)16(20)21/h4-7,12H,8-11H2,1-3H3,(H,20,21). The first-order chi connectivity index (χ1) is 9.83. The Morgan fingerprint density at radius 3 is 2.00 bits per heavy atom. The topological polar surface area (TPSA) is 57.6 Å². The quantitative estimate of drug-likeness (QED) is 0.929. The molecule has 0 unspecified atom stereocenters. The molecule has 1 N–H and O–H groups in total. The molecule has 114 valence electrons. The maximum atomic E-state index is 12.4. The van der Waals surface area contributed by atoms with E-state index in [1.54, 1.807) is 12.1 Å². The third-order valence-corrected chi connectivity index (χ3v) is 4.97. The minimum absolute atomic E-state index is 0.00209. The Labute approximate surface area is 125 Å². The van der Waals surface area contributed by atoms with E-state index in [-0.39, 0.29) is 11.5 Å². The predicted octanol–water partition coefficient (Wildman–Crippen LogP) is 3.28. The Kier molecular flexibility index (Phi) is 4.35. The Morgan fingerprint density at radius 1 is 1.10 bits per heavy atom. The number of rotatable bonds is 3. The SMILES string of the molecule is CC(C)C1(C)CCN(C(=O)c2ccc(C(=O)O)cc2)CC1. The molecule has 0 spiro atoms. The molecule has 1 fully saturated rings. The lowest BCUT2D eigenvalue weighted by atomic mass is 9.72. The maximum Gasteiger partial charge on any atom is 0.335 e. The van der Waals surface area contributed by atoms with E-state index in [0.717, 1.165) is 25.9 Å². The summed E-state index contributed by atoms with van der Waals surface area (Å²) in [6.07, 6.45) is 2.03. The van der Waals surface area contributed by atoms with Crippen LogP contribution in [0.2, 0.25) is 0 Å². The smallest absolute Gasteiger partial charge is 0.335 e. The fraction of sp³-hybridized carbons (Fsp3) is 0.529. The molecule has 4 nitrogen and oxygen atoms in total. The highest BCUT2D eigenvalue weighted by molar-refractivity contribution is 5.95. The Hall–Kier alpha value is -1.84. The summed E-state index contributed by atoms with van der Waals surface area (Å²) in [5, 5.41) is 8.88. The number of nitrogens with zero attached hydrogens (tertiary/aromatic N) is 1. The van der Waals surface area contributed by atoms with Crippen molar-refractivity contribution < 1.29 is 14.7 Å². The van der Waals surface area contributed by atoms with Crippen molar-refractivity contribution in [1.82, 2.24) is 4.90 Å². The van der Waals surface area contributed by atoms with Crippen molar-refractivity contribution in [3.8, 4) is 0 Å². The van der Waals surface area contributed by atoms with Crippen LogP contribution in [0.1, 0.15) is 54.3 Å². The van der Waals surface area contributed by atoms with Gasteiger partial charge in [-0.3, -0.25) is 4.79 Å². The number of carboxylic acid groups (broad SMARTS) is 1. The van der Waals surface area contributed by atoms with Gasteiger partial charge in [0.1, 0.15) is 0 Å². The lowest BCUT2D eigenvalue weighted by Gasteiger charge is -2.42. The van der Waals surface area contributed by atoms with Gasteiger partial charge in [0.05, 0.1) is 5.56 Å². The van der Waals surface area contributed by atoms with E-state index in [4.69, 9.17) is 5.11 Å². The summed E-state index contributed by atoms with van der Waals surface area (Å²) in [7, 11) is 0. The number of carbonyl (C=O) groups is 2. The second kappa shape index (κ2) is 5.88. The van der Waals surface area contributed by atoms with Crippen molar-refractivity contribution in [3.05, 3.63) is 35.4 Å². The van der Waals surface area contributed by atoms with E-state index >= 15 is 0 Å². The number of hydrogen-bond acceptors (Lipinski definition) is 2. The monoisotopic (exact) mass is 289 g/mol. The third kappa shape index (κ3) is 3.26. The second-order valence-electron chi connectivity index (χ2n) is 6.48. The van der Waals surface area contributed by atoms with Crippen molar-refractivity contribution in [1.29, 1.82) is 0 Å². The van der Waals surface area contributed by atoms with Gasteiger partial charge in [0.25, 0.3) is 5.91 Å². The zero-order valence-corrected chi connectivity index (χ0v) is 12.9. The van der Waals surface area contributed by atoms with Crippen LogP contribution >= 0.6 is 0 Å². The van der Waals surface area contributed by atoms with Crippen molar-refractivity contribution in [2.75, 3.05) is 13.1 Å². The number of amides is 1. The van der Waals surface area contributed by atoms with E-state index in [1.165, 1.54) is 12.1 Å². The number of hydrogen-bond donors (Lipinski definition) is 1. The predicted molar refractivity (Wildman–Crippen MR) is 81.5 cm³/mol. The van der Waals surface area contributed by atoms with Gasteiger partial charge >= 0.3 is 5.97 Å².